The highest BCUT2D eigenvalue weighted by Crippen LogP contribution is 2.32. The quantitative estimate of drug-likeness (QED) is 0.867. The summed E-state index contributed by atoms with van der Waals surface area (Å²) in [4.78, 5) is 11.4. The highest BCUT2D eigenvalue weighted by atomic mass is 16.5. The number of ether oxygens (including phenoxy) is 1. The molecule has 0 radical (unpaired) electrons. The van der Waals surface area contributed by atoms with Gasteiger partial charge in [-0.2, -0.15) is 0 Å². The summed E-state index contributed by atoms with van der Waals surface area (Å²) in [5.74, 6) is 1.75. The van der Waals surface area contributed by atoms with Crippen molar-refractivity contribution in [3.8, 4) is 0 Å². The Labute approximate surface area is 125 Å². The van der Waals surface area contributed by atoms with Crippen molar-refractivity contribution in [1.29, 1.82) is 0 Å². The van der Waals surface area contributed by atoms with Crippen molar-refractivity contribution in [2.45, 2.75) is 32.9 Å². The molecular formula is C17H21N3O. The Morgan fingerprint density at radius 3 is 2.90 bits per heavy atom. The van der Waals surface area contributed by atoms with Crippen molar-refractivity contribution < 1.29 is 4.74 Å². The van der Waals surface area contributed by atoms with Crippen LogP contribution in [0.1, 0.15) is 35.6 Å². The zero-order valence-corrected chi connectivity index (χ0v) is 12.8. The van der Waals surface area contributed by atoms with Crippen LogP contribution in [-0.2, 0) is 17.8 Å². The standard InChI is InChI=1S/C17H21N3O/c1-12-10-17(19-16(18-12)11-21-3)20-9-8-14-6-4-5-7-15(14)13(20)2/h4-7,10,13H,8-9,11H2,1-3H3. The van der Waals surface area contributed by atoms with E-state index in [1.807, 2.05) is 6.92 Å². The third-order valence-corrected chi connectivity index (χ3v) is 4.05. The molecule has 0 bridgehead atoms. The number of anilines is 1. The second-order valence-corrected chi connectivity index (χ2v) is 5.53. The van der Waals surface area contributed by atoms with E-state index in [1.165, 1.54) is 11.1 Å². The topological polar surface area (TPSA) is 38.2 Å². The fourth-order valence-corrected chi connectivity index (χ4v) is 3.04. The maximum atomic E-state index is 5.16. The lowest BCUT2D eigenvalue weighted by Gasteiger charge is -2.36. The Morgan fingerprint density at radius 1 is 1.29 bits per heavy atom. The summed E-state index contributed by atoms with van der Waals surface area (Å²) in [5.41, 5.74) is 3.83. The second-order valence-electron chi connectivity index (χ2n) is 5.53. The Kier molecular flexibility index (Phi) is 3.88. The highest BCUT2D eigenvalue weighted by molar-refractivity contribution is 5.47. The monoisotopic (exact) mass is 283 g/mol. The van der Waals surface area contributed by atoms with Gasteiger partial charge in [-0.3, -0.25) is 0 Å². The van der Waals surface area contributed by atoms with E-state index in [1.54, 1.807) is 7.11 Å². The van der Waals surface area contributed by atoms with Crippen LogP contribution in [0.25, 0.3) is 0 Å². The van der Waals surface area contributed by atoms with E-state index in [4.69, 9.17) is 4.74 Å². The van der Waals surface area contributed by atoms with Crippen LogP contribution in [0.3, 0.4) is 0 Å². The zero-order chi connectivity index (χ0) is 14.8. The van der Waals surface area contributed by atoms with E-state index in [2.05, 4.69) is 52.1 Å². The number of nitrogens with zero attached hydrogens (tertiary/aromatic N) is 3. The van der Waals surface area contributed by atoms with Gasteiger partial charge >= 0.3 is 0 Å². The minimum Gasteiger partial charge on any atom is -0.377 e. The van der Waals surface area contributed by atoms with Crippen molar-refractivity contribution in [2.24, 2.45) is 0 Å². The molecule has 110 valence electrons. The van der Waals surface area contributed by atoms with Crippen LogP contribution >= 0.6 is 0 Å². The van der Waals surface area contributed by atoms with Crippen molar-refractivity contribution in [2.75, 3.05) is 18.6 Å². The molecule has 0 fully saturated rings. The maximum absolute atomic E-state index is 5.16. The predicted octanol–water partition coefficient (Wildman–Crippen LogP) is 3.06. The summed E-state index contributed by atoms with van der Waals surface area (Å²) in [5, 5.41) is 0. The number of hydrogen-bond donors (Lipinski definition) is 0. The van der Waals surface area contributed by atoms with E-state index < -0.39 is 0 Å². The molecule has 0 amide bonds. The number of methoxy groups -OCH3 is 1. The molecule has 1 aromatic heterocycles. The van der Waals surface area contributed by atoms with Gasteiger partial charge in [0.05, 0.1) is 6.04 Å². The van der Waals surface area contributed by atoms with Crippen molar-refractivity contribution in [3.63, 3.8) is 0 Å². The van der Waals surface area contributed by atoms with Gasteiger partial charge in [-0.1, -0.05) is 24.3 Å². The zero-order valence-electron chi connectivity index (χ0n) is 12.8. The average Bonchev–Trinajstić information content (AvgIpc) is 2.47. The second kappa shape index (κ2) is 5.82. The van der Waals surface area contributed by atoms with Crippen LogP contribution in [0.15, 0.2) is 30.3 Å². The van der Waals surface area contributed by atoms with Crippen LogP contribution in [0, 0.1) is 6.92 Å². The summed E-state index contributed by atoms with van der Waals surface area (Å²) in [6, 6.07) is 11.1. The van der Waals surface area contributed by atoms with Gasteiger partial charge in [-0.15, -0.1) is 0 Å². The molecule has 1 aliphatic rings. The van der Waals surface area contributed by atoms with Crippen molar-refractivity contribution >= 4 is 5.82 Å². The molecule has 0 saturated heterocycles. The van der Waals surface area contributed by atoms with Crippen LogP contribution in [-0.4, -0.2) is 23.6 Å². The lowest BCUT2D eigenvalue weighted by molar-refractivity contribution is 0.177. The lowest BCUT2D eigenvalue weighted by Crippen LogP contribution is -2.34. The minimum atomic E-state index is 0.333. The summed E-state index contributed by atoms with van der Waals surface area (Å²) in [7, 11) is 1.67. The number of aromatic nitrogens is 2. The highest BCUT2D eigenvalue weighted by Gasteiger charge is 2.24. The molecular weight excluding hydrogens is 262 g/mol. The molecule has 0 saturated carbocycles. The smallest absolute Gasteiger partial charge is 0.156 e. The van der Waals surface area contributed by atoms with E-state index in [-0.39, 0.29) is 0 Å². The first kappa shape index (κ1) is 14.0. The average molecular weight is 283 g/mol. The number of aryl methyl sites for hydroxylation is 1. The van der Waals surface area contributed by atoms with E-state index in [9.17, 15) is 0 Å². The molecule has 1 aromatic carbocycles. The first-order valence-corrected chi connectivity index (χ1v) is 7.37. The Bertz CT molecular complexity index is 642. The van der Waals surface area contributed by atoms with Gasteiger partial charge in [-0.25, -0.2) is 9.97 Å². The molecule has 4 nitrogen and oxygen atoms in total. The van der Waals surface area contributed by atoms with Gasteiger partial charge in [0.25, 0.3) is 0 Å². The van der Waals surface area contributed by atoms with Crippen LogP contribution < -0.4 is 4.90 Å². The minimum absolute atomic E-state index is 0.333. The first-order valence-electron chi connectivity index (χ1n) is 7.37. The molecule has 1 aliphatic heterocycles. The first-order chi connectivity index (χ1) is 10.2. The summed E-state index contributed by atoms with van der Waals surface area (Å²) in [6.07, 6.45) is 1.06. The fraction of sp³-hybridized carbons (Fsp3) is 0.412. The van der Waals surface area contributed by atoms with Gasteiger partial charge in [0.1, 0.15) is 12.4 Å². The molecule has 21 heavy (non-hydrogen) atoms. The SMILES string of the molecule is COCc1nc(C)cc(N2CCc3ccccc3C2C)n1. The maximum Gasteiger partial charge on any atom is 0.156 e. The number of benzene rings is 1. The van der Waals surface area contributed by atoms with Gasteiger partial charge in [0.2, 0.25) is 0 Å². The van der Waals surface area contributed by atoms with Gasteiger partial charge < -0.3 is 9.64 Å². The molecule has 4 heteroatoms. The molecule has 0 aliphatic carbocycles. The molecule has 1 unspecified atom stereocenters. The summed E-state index contributed by atoms with van der Waals surface area (Å²) < 4.78 is 5.16. The number of rotatable bonds is 3. The largest absolute Gasteiger partial charge is 0.377 e. The Hall–Kier alpha value is -1.94. The normalized spacial score (nSPS) is 17.7. The Morgan fingerprint density at radius 2 is 2.10 bits per heavy atom. The lowest BCUT2D eigenvalue weighted by atomic mass is 9.93. The number of hydrogen-bond acceptors (Lipinski definition) is 4. The van der Waals surface area contributed by atoms with Gasteiger partial charge in [-0.05, 0) is 31.4 Å². The number of fused-ring (bicyclic) bond motifs is 1. The van der Waals surface area contributed by atoms with Crippen molar-refractivity contribution in [1.82, 2.24) is 9.97 Å². The van der Waals surface area contributed by atoms with Crippen LogP contribution in [0.5, 0.6) is 0 Å². The predicted molar refractivity (Wildman–Crippen MR) is 83.4 cm³/mol. The van der Waals surface area contributed by atoms with Crippen LogP contribution in [0.4, 0.5) is 5.82 Å². The molecule has 1 atom stereocenters. The van der Waals surface area contributed by atoms with E-state index in [0.717, 1.165) is 30.3 Å². The van der Waals surface area contributed by atoms with E-state index >= 15 is 0 Å². The third kappa shape index (κ3) is 2.76. The third-order valence-electron chi connectivity index (χ3n) is 4.05. The fourth-order valence-electron chi connectivity index (χ4n) is 3.04. The molecule has 0 N–H and O–H groups in total. The molecule has 0 spiro atoms. The molecule has 2 heterocycles. The molecule has 3 rings (SSSR count). The van der Waals surface area contributed by atoms with Gasteiger partial charge in [0, 0.05) is 25.4 Å². The summed E-state index contributed by atoms with van der Waals surface area (Å²) in [6.45, 7) is 5.69. The summed E-state index contributed by atoms with van der Waals surface area (Å²) >= 11 is 0. The van der Waals surface area contributed by atoms with Crippen LogP contribution in [0.2, 0.25) is 0 Å². The van der Waals surface area contributed by atoms with Crippen molar-refractivity contribution in [3.05, 3.63) is 53.0 Å². The van der Waals surface area contributed by atoms with E-state index in [0.29, 0.717) is 12.6 Å². The van der Waals surface area contributed by atoms with Gasteiger partial charge in [0.15, 0.2) is 5.82 Å². The Balaban J connectivity index is 1.95. The molecule has 2 aromatic rings.